The number of amides is 3. The number of fused-ring (bicyclic) bond motifs is 1. The maximum Gasteiger partial charge on any atom is 0.251 e. The molecule has 41 heavy (non-hydrogen) atoms. The van der Waals surface area contributed by atoms with Crippen LogP contribution in [-0.4, -0.2) is 114 Å². The van der Waals surface area contributed by atoms with Crippen LogP contribution in [0, 0.1) is 0 Å². The van der Waals surface area contributed by atoms with E-state index in [-0.39, 0.29) is 24.4 Å². The number of aliphatic hydroxyl groups is 1. The van der Waals surface area contributed by atoms with E-state index in [0.717, 1.165) is 38.8 Å². The Labute approximate surface area is 241 Å². The molecule has 1 aromatic carbocycles. The Balaban J connectivity index is 1.22. The van der Waals surface area contributed by atoms with Gasteiger partial charge in [0.2, 0.25) is 12.3 Å². The molecule has 1 unspecified atom stereocenters. The van der Waals surface area contributed by atoms with Gasteiger partial charge in [0.15, 0.2) is 0 Å². The van der Waals surface area contributed by atoms with Crippen LogP contribution in [0.3, 0.4) is 0 Å². The highest BCUT2D eigenvalue weighted by atomic mass is 16.3. The number of nitrogens with one attached hydrogen (secondary N) is 2. The van der Waals surface area contributed by atoms with Gasteiger partial charge in [0, 0.05) is 84.0 Å². The average Bonchev–Trinajstić information content (AvgIpc) is 3.00. The molecular weight excluding hydrogens is 522 g/mol. The summed E-state index contributed by atoms with van der Waals surface area (Å²) in [5.41, 5.74) is 3.12. The lowest BCUT2D eigenvalue weighted by Gasteiger charge is -2.35. The van der Waals surface area contributed by atoms with Crippen molar-refractivity contribution < 1.29 is 19.5 Å². The van der Waals surface area contributed by atoms with Crippen LogP contribution in [0.5, 0.6) is 0 Å². The van der Waals surface area contributed by atoms with Crippen LogP contribution < -0.4 is 15.5 Å². The van der Waals surface area contributed by atoms with Crippen molar-refractivity contribution in [2.45, 2.75) is 44.9 Å². The lowest BCUT2D eigenvalue weighted by molar-refractivity contribution is -0.129. The molecule has 3 N–H and O–H groups in total. The average molecular weight is 564 g/mol. The number of aromatic nitrogens is 1. The van der Waals surface area contributed by atoms with Gasteiger partial charge in [-0.25, -0.2) is 4.98 Å². The number of likely N-dealkylation sites (tertiary alicyclic amines) is 1. The molecule has 2 fully saturated rings. The lowest BCUT2D eigenvalue weighted by Crippen LogP contribution is -2.48. The zero-order chi connectivity index (χ0) is 28.8. The third kappa shape index (κ3) is 7.53. The Kier molecular flexibility index (Phi) is 9.35. The summed E-state index contributed by atoms with van der Waals surface area (Å²) in [6.45, 7) is 7.74. The van der Waals surface area contributed by atoms with Gasteiger partial charge in [-0.3, -0.25) is 19.3 Å². The molecule has 0 saturated carbocycles. The lowest BCUT2D eigenvalue weighted by atomic mass is 10.00. The van der Waals surface area contributed by atoms with Gasteiger partial charge >= 0.3 is 0 Å². The zero-order valence-electron chi connectivity index (χ0n) is 23.8. The Bertz CT molecular complexity index is 1230. The van der Waals surface area contributed by atoms with Crippen molar-refractivity contribution in [3.8, 4) is 0 Å². The highest BCUT2D eigenvalue weighted by molar-refractivity contribution is 5.95. The van der Waals surface area contributed by atoms with Crippen LogP contribution in [0.15, 0.2) is 36.4 Å². The second-order valence-electron chi connectivity index (χ2n) is 11.3. The summed E-state index contributed by atoms with van der Waals surface area (Å²) >= 11 is 0. The van der Waals surface area contributed by atoms with Crippen LogP contribution in [0.1, 0.15) is 41.3 Å². The molecule has 220 valence electrons. The van der Waals surface area contributed by atoms with Gasteiger partial charge in [0.25, 0.3) is 5.91 Å². The van der Waals surface area contributed by atoms with Gasteiger partial charge in [-0.1, -0.05) is 24.3 Å². The molecular formula is C30H41N7O4. The number of carbonyl (C=O) groups is 3. The number of nitrogens with zero attached hydrogens (tertiary/aromatic N) is 5. The van der Waals surface area contributed by atoms with E-state index in [1.165, 1.54) is 11.1 Å². The predicted octanol–water partition coefficient (Wildman–Crippen LogP) is 0.932. The molecule has 0 bridgehead atoms. The fraction of sp³-hybridized carbons (Fsp3) is 0.533. The first-order valence-electron chi connectivity index (χ1n) is 14.6. The van der Waals surface area contributed by atoms with E-state index in [9.17, 15) is 19.5 Å². The van der Waals surface area contributed by atoms with Crippen molar-refractivity contribution in [2.75, 3.05) is 69.1 Å². The maximum absolute atomic E-state index is 13.3. The van der Waals surface area contributed by atoms with Crippen molar-refractivity contribution in [3.63, 3.8) is 0 Å². The van der Waals surface area contributed by atoms with Crippen LogP contribution in [0.4, 0.5) is 11.6 Å². The van der Waals surface area contributed by atoms with E-state index in [2.05, 4.69) is 38.6 Å². The summed E-state index contributed by atoms with van der Waals surface area (Å²) < 4.78 is 0. The first-order chi connectivity index (χ1) is 19.9. The fourth-order valence-electron chi connectivity index (χ4n) is 5.88. The molecule has 0 radical (unpaired) electrons. The summed E-state index contributed by atoms with van der Waals surface area (Å²) in [6.07, 6.45) is 2.76. The number of carbonyl (C=O) groups excluding carboxylic acids is 3. The first-order valence-corrected chi connectivity index (χ1v) is 14.6. The third-order valence-corrected chi connectivity index (χ3v) is 8.33. The van der Waals surface area contributed by atoms with Crippen molar-refractivity contribution >= 4 is 29.9 Å². The number of β-amino-alcohol motifs (C(OH)–C–C–N with tert-alkyl or cyclic N) is 1. The molecule has 3 aliphatic rings. The number of hydrogen-bond acceptors (Lipinski definition) is 8. The summed E-state index contributed by atoms with van der Waals surface area (Å²) in [4.78, 5) is 48.9. The van der Waals surface area contributed by atoms with Gasteiger partial charge in [-0.2, -0.15) is 0 Å². The highest BCUT2D eigenvalue weighted by Crippen LogP contribution is 2.23. The number of piperidine rings is 1. The Morgan fingerprint density at radius 1 is 1.05 bits per heavy atom. The summed E-state index contributed by atoms with van der Waals surface area (Å²) in [7, 11) is 0. The van der Waals surface area contributed by atoms with Crippen LogP contribution >= 0.6 is 0 Å². The molecule has 11 heteroatoms. The number of hydrogen-bond donors (Lipinski definition) is 3. The van der Waals surface area contributed by atoms with E-state index in [4.69, 9.17) is 4.98 Å². The molecule has 3 aliphatic heterocycles. The quantitative estimate of drug-likeness (QED) is 0.386. The molecule has 2 saturated heterocycles. The normalized spacial score (nSPS) is 18.9. The van der Waals surface area contributed by atoms with Crippen LogP contribution in [-0.2, 0) is 22.6 Å². The SMILES string of the molecule is CC(=O)N1CCN(c2cc(C(=O)NCC(O)CN3CCc4ccccc4C3)cc(NC3CCN(C=O)CC3)n2)CC1. The van der Waals surface area contributed by atoms with Crippen LogP contribution in [0.2, 0.25) is 0 Å². The number of aliphatic hydroxyl groups excluding tert-OH is 1. The largest absolute Gasteiger partial charge is 0.390 e. The Hall–Kier alpha value is -3.70. The minimum atomic E-state index is -0.689. The standard InChI is InChI=1S/C30H41N7O4/c1-22(39)36-12-14-37(15-13-36)29-17-25(16-28(33-29)32-26-7-10-34(21-38)11-8-26)30(41)31-18-27(40)20-35-9-6-23-4-2-3-5-24(23)19-35/h2-5,16-17,21,26-27,40H,6-15,18-20H2,1H3,(H,31,41)(H,32,33). The van der Waals surface area contributed by atoms with Gasteiger partial charge in [-0.05, 0) is 42.5 Å². The van der Waals surface area contributed by atoms with Crippen molar-refractivity contribution in [1.82, 2.24) is 25.0 Å². The molecule has 1 aromatic heterocycles. The Morgan fingerprint density at radius 2 is 1.78 bits per heavy atom. The summed E-state index contributed by atoms with van der Waals surface area (Å²) in [5, 5.41) is 17.1. The number of piperazine rings is 1. The number of rotatable bonds is 9. The maximum atomic E-state index is 13.3. The van der Waals surface area contributed by atoms with Crippen LogP contribution in [0.25, 0.3) is 0 Å². The Morgan fingerprint density at radius 3 is 2.49 bits per heavy atom. The summed E-state index contributed by atoms with van der Waals surface area (Å²) in [6, 6.07) is 12.1. The van der Waals surface area contributed by atoms with E-state index in [1.807, 2.05) is 11.0 Å². The molecule has 0 spiro atoms. The fourth-order valence-corrected chi connectivity index (χ4v) is 5.88. The highest BCUT2D eigenvalue weighted by Gasteiger charge is 2.24. The topological polar surface area (TPSA) is 121 Å². The molecule has 0 aliphatic carbocycles. The molecule has 11 nitrogen and oxygen atoms in total. The molecule has 3 amide bonds. The van der Waals surface area contributed by atoms with E-state index >= 15 is 0 Å². The monoisotopic (exact) mass is 563 g/mol. The number of anilines is 2. The molecule has 5 rings (SSSR count). The van der Waals surface area contributed by atoms with Gasteiger partial charge in [-0.15, -0.1) is 0 Å². The first kappa shape index (κ1) is 28.8. The smallest absolute Gasteiger partial charge is 0.251 e. The number of pyridine rings is 1. The van der Waals surface area contributed by atoms with Crippen molar-refractivity contribution in [2.24, 2.45) is 0 Å². The van der Waals surface area contributed by atoms with E-state index < -0.39 is 6.10 Å². The summed E-state index contributed by atoms with van der Waals surface area (Å²) in [5.74, 6) is 1.08. The molecule has 4 heterocycles. The minimum absolute atomic E-state index is 0.0575. The molecule has 1 atom stereocenters. The van der Waals surface area contributed by atoms with Gasteiger partial charge < -0.3 is 30.4 Å². The second kappa shape index (κ2) is 13.3. The molecule has 2 aromatic rings. The second-order valence-corrected chi connectivity index (χ2v) is 11.3. The third-order valence-electron chi connectivity index (χ3n) is 8.33. The minimum Gasteiger partial charge on any atom is -0.390 e. The van der Waals surface area contributed by atoms with E-state index in [1.54, 1.807) is 24.0 Å². The van der Waals surface area contributed by atoms with Gasteiger partial charge in [0.1, 0.15) is 11.6 Å². The number of benzene rings is 1. The predicted molar refractivity (Wildman–Crippen MR) is 157 cm³/mol. The van der Waals surface area contributed by atoms with Gasteiger partial charge in [0.05, 0.1) is 6.10 Å². The van der Waals surface area contributed by atoms with Crippen molar-refractivity contribution in [1.29, 1.82) is 0 Å². The van der Waals surface area contributed by atoms with Crippen molar-refractivity contribution in [3.05, 3.63) is 53.1 Å². The van der Waals surface area contributed by atoms with E-state index in [0.29, 0.717) is 63.0 Å². The zero-order valence-corrected chi connectivity index (χ0v) is 23.8.